The van der Waals surface area contributed by atoms with E-state index in [2.05, 4.69) is 6.92 Å². The average molecular weight is 380 g/mol. The third-order valence-corrected chi connectivity index (χ3v) is 5.17. The summed E-state index contributed by atoms with van der Waals surface area (Å²) < 4.78 is 0.543. The molecule has 0 bridgehead atoms. The molecule has 3 nitrogen and oxygen atoms in total. The molecule has 0 atom stereocenters. The Balaban J connectivity index is -0.00000288. The molecule has 152 valence electrons. The smallest absolute Gasteiger partial charge is 1.00 e. The fraction of sp³-hybridized carbons (Fsp3) is 0.955. The van der Waals surface area contributed by atoms with E-state index < -0.39 is 5.97 Å². The van der Waals surface area contributed by atoms with Gasteiger partial charge in [-0.2, -0.15) is 0 Å². The van der Waals surface area contributed by atoms with Gasteiger partial charge in [0, 0.05) is 0 Å². The Morgan fingerprint density at radius 1 is 0.692 bits per heavy atom. The van der Waals surface area contributed by atoms with E-state index in [4.69, 9.17) is 0 Å². The third-order valence-electron chi connectivity index (χ3n) is 5.17. The second-order valence-electron chi connectivity index (χ2n) is 8.49. The zero-order valence-corrected chi connectivity index (χ0v) is 20.5. The predicted molar refractivity (Wildman–Crippen MR) is 108 cm³/mol. The molecule has 0 unspecified atom stereocenters. The van der Waals surface area contributed by atoms with Crippen molar-refractivity contribution in [1.82, 2.24) is 0 Å². The number of carboxylic acids is 1. The van der Waals surface area contributed by atoms with Crippen LogP contribution in [-0.4, -0.2) is 37.6 Å². The van der Waals surface area contributed by atoms with Gasteiger partial charge >= 0.3 is 29.6 Å². The maximum Gasteiger partial charge on any atom is 1.00 e. The number of carbonyl (C=O) groups is 1. The Hall–Kier alpha value is 0.430. The van der Waals surface area contributed by atoms with Crippen molar-refractivity contribution in [3.63, 3.8) is 0 Å². The molecular weight excluding hydrogens is 333 g/mol. The molecule has 0 fully saturated rings. The van der Waals surface area contributed by atoms with Gasteiger partial charge in [-0.25, -0.2) is 0 Å². The molecule has 0 rings (SSSR count). The van der Waals surface area contributed by atoms with Gasteiger partial charge in [-0.15, -0.1) is 0 Å². The van der Waals surface area contributed by atoms with Gasteiger partial charge in [0.15, 0.2) is 0 Å². The molecule has 0 saturated heterocycles. The van der Waals surface area contributed by atoms with Gasteiger partial charge in [-0.05, 0) is 12.8 Å². The molecule has 0 N–H and O–H groups in total. The van der Waals surface area contributed by atoms with Crippen LogP contribution in [-0.2, 0) is 4.79 Å². The summed E-state index contributed by atoms with van der Waals surface area (Å²) in [6.45, 7) is 3.34. The van der Waals surface area contributed by atoms with Crippen molar-refractivity contribution in [3.8, 4) is 0 Å². The van der Waals surface area contributed by atoms with E-state index in [1.54, 1.807) is 0 Å². The Morgan fingerprint density at radius 3 is 1.31 bits per heavy atom. The summed E-state index contributed by atoms with van der Waals surface area (Å²) in [6.07, 6.45) is 22.0. The topological polar surface area (TPSA) is 40.1 Å². The van der Waals surface area contributed by atoms with E-state index in [1.165, 1.54) is 96.3 Å². The van der Waals surface area contributed by atoms with Crippen molar-refractivity contribution in [2.75, 3.05) is 27.2 Å². The number of unbranched alkanes of at least 4 members (excludes halogenated alkanes) is 15. The molecule has 0 aliphatic rings. The van der Waals surface area contributed by atoms with Crippen LogP contribution in [0, 0.1) is 0 Å². The van der Waals surface area contributed by atoms with Crippen molar-refractivity contribution < 1.29 is 45.4 Å². The van der Waals surface area contributed by atoms with Crippen LogP contribution in [0.1, 0.15) is 111 Å². The Morgan fingerprint density at radius 2 is 1.00 bits per heavy atom. The van der Waals surface area contributed by atoms with E-state index in [0.717, 1.165) is 13.0 Å². The second-order valence-corrected chi connectivity index (χ2v) is 8.49. The summed E-state index contributed by atoms with van der Waals surface area (Å²) in [5.41, 5.74) is 0. The Labute approximate surface area is 187 Å². The molecule has 0 aromatic rings. The van der Waals surface area contributed by atoms with E-state index >= 15 is 0 Å². The quantitative estimate of drug-likeness (QED) is 0.196. The molecule has 26 heavy (non-hydrogen) atoms. The first kappa shape index (κ1) is 28.6. The zero-order chi connectivity index (χ0) is 18.8. The summed E-state index contributed by atoms with van der Waals surface area (Å²) >= 11 is 0. The van der Waals surface area contributed by atoms with Crippen LogP contribution in [0.2, 0.25) is 0 Å². The average Bonchev–Trinajstić information content (AvgIpc) is 2.53. The van der Waals surface area contributed by atoms with Gasteiger partial charge in [-0.3, -0.25) is 0 Å². The molecule has 0 amide bonds. The molecule has 0 heterocycles. The maximum absolute atomic E-state index is 10.7. The minimum Gasteiger partial charge on any atom is -1.00 e. The normalized spacial score (nSPS) is 11.3. The van der Waals surface area contributed by atoms with Crippen LogP contribution in [0.5, 0.6) is 0 Å². The van der Waals surface area contributed by atoms with Crippen molar-refractivity contribution in [2.45, 2.75) is 110 Å². The summed E-state index contributed by atoms with van der Waals surface area (Å²) in [5.74, 6) is -0.943. The molecule has 0 aromatic heterocycles. The van der Waals surface area contributed by atoms with Crippen molar-refractivity contribution in [1.29, 1.82) is 0 Å². The van der Waals surface area contributed by atoms with Crippen molar-refractivity contribution in [2.24, 2.45) is 0 Å². The summed E-state index contributed by atoms with van der Waals surface area (Å²) in [4.78, 5) is 10.7. The number of carboxylic acid groups (broad SMARTS) is 1. The standard InChI is InChI=1S/C22H45NO2.Na.H/c1-4-5-6-7-8-9-10-11-12-13-14-15-16-17-18-19-20-23(2,3)21-22(24)25;;/h4-21H2,1-3H3;;/q;+1;-1. The monoisotopic (exact) mass is 379 g/mol. The molecule has 0 spiro atoms. The van der Waals surface area contributed by atoms with Gasteiger partial charge in [0.25, 0.3) is 0 Å². The predicted octanol–water partition coefficient (Wildman–Crippen LogP) is 2.19. The van der Waals surface area contributed by atoms with Crippen molar-refractivity contribution >= 4 is 5.97 Å². The molecule has 0 aromatic carbocycles. The summed E-state index contributed by atoms with van der Waals surface area (Å²) in [5, 5.41) is 10.7. The van der Waals surface area contributed by atoms with Gasteiger partial charge < -0.3 is 15.8 Å². The number of carbonyl (C=O) groups excluding carboxylic acids is 1. The molecular formula is C22H46NNaO2. The minimum absolute atomic E-state index is 0. The van der Waals surface area contributed by atoms with Crippen LogP contribution in [0.4, 0.5) is 0 Å². The molecule has 0 radical (unpaired) electrons. The van der Waals surface area contributed by atoms with E-state index in [9.17, 15) is 9.90 Å². The molecule has 0 aliphatic carbocycles. The fourth-order valence-electron chi connectivity index (χ4n) is 3.52. The van der Waals surface area contributed by atoms with Crippen LogP contribution < -0.4 is 34.7 Å². The first-order chi connectivity index (χ1) is 12.0. The Kier molecular flexibility index (Phi) is 22.2. The summed E-state index contributed by atoms with van der Waals surface area (Å²) in [6, 6.07) is 0. The van der Waals surface area contributed by atoms with E-state index in [-0.39, 0.29) is 37.5 Å². The van der Waals surface area contributed by atoms with Crippen LogP contribution in [0.3, 0.4) is 0 Å². The maximum atomic E-state index is 10.7. The van der Waals surface area contributed by atoms with Crippen molar-refractivity contribution in [3.05, 3.63) is 0 Å². The number of hydrogen-bond acceptors (Lipinski definition) is 2. The van der Waals surface area contributed by atoms with Crippen LogP contribution in [0.15, 0.2) is 0 Å². The molecule has 0 saturated carbocycles. The van der Waals surface area contributed by atoms with Crippen LogP contribution in [0.25, 0.3) is 0 Å². The van der Waals surface area contributed by atoms with E-state index in [1.807, 2.05) is 14.1 Å². The first-order valence-corrected chi connectivity index (χ1v) is 11.0. The van der Waals surface area contributed by atoms with E-state index in [0.29, 0.717) is 4.48 Å². The summed E-state index contributed by atoms with van der Waals surface area (Å²) in [7, 11) is 3.95. The molecule has 4 heteroatoms. The SMILES string of the molecule is CCCCCCCCCCCCCCCCCC[N+](C)(C)CC(=O)[O-].[H-].[Na+]. The number of quaternary nitrogens is 1. The largest absolute Gasteiger partial charge is 1.00 e. The van der Waals surface area contributed by atoms with Gasteiger partial charge in [0.2, 0.25) is 0 Å². The van der Waals surface area contributed by atoms with Gasteiger partial charge in [-0.1, -0.05) is 96.8 Å². The number of hydrogen-bond donors (Lipinski definition) is 0. The first-order valence-electron chi connectivity index (χ1n) is 11.0. The van der Waals surface area contributed by atoms with Gasteiger partial charge in [0.05, 0.1) is 26.6 Å². The van der Waals surface area contributed by atoms with Crippen LogP contribution >= 0.6 is 0 Å². The third kappa shape index (κ3) is 22.5. The Bertz CT molecular complexity index is 315. The number of likely N-dealkylation sites (N-methyl/N-ethyl adjacent to an activating group) is 1. The number of nitrogens with zero attached hydrogens (tertiary/aromatic N) is 1. The number of aliphatic carboxylic acids is 1. The van der Waals surface area contributed by atoms with Gasteiger partial charge in [0.1, 0.15) is 6.54 Å². The molecule has 0 aliphatic heterocycles. The zero-order valence-electron chi connectivity index (χ0n) is 19.5. The number of rotatable bonds is 19. The fourth-order valence-corrected chi connectivity index (χ4v) is 3.52. The second kappa shape index (κ2) is 20.2. The minimum atomic E-state index is -0.943.